The first-order valence-corrected chi connectivity index (χ1v) is 13.0. The lowest BCUT2D eigenvalue weighted by atomic mass is 9.99. The lowest BCUT2D eigenvalue weighted by molar-refractivity contribution is -0.110. The van der Waals surface area contributed by atoms with Crippen LogP contribution >= 0.6 is 0 Å². The minimum absolute atomic E-state index is 0.219. The largest absolute Gasteiger partial charge is 0.462 e. The van der Waals surface area contributed by atoms with Gasteiger partial charge in [0.15, 0.2) is 0 Å². The summed E-state index contributed by atoms with van der Waals surface area (Å²) in [7, 11) is 6.34. The summed E-state index contributed by atoms with van der Waals surface area (Å²) in [5.74, 6) is -0.629. The van der Waals surface area contributed by atoms with E-state index < -0.39 is 5.97 Å². The van der Waals surface area contributed by atoms with Crippen LogP contribution in [0.2, 0.25) is 0 Å². The Morgan fingerprint density at radius 1 is 0.921 bits per heavy atom. The highest BCUT2D eigenvalue weighted by Gasteiger charge is 2.29. The van der Waals surface area contributed by atoms with Crippen molar-refractivity contribution in [2.75, 3.05) is 51.5 Å². The number of benzene rings is 3. The molecule has 0 spiro atoms. The van der Waals surface area contributed by atoms with E-state index in [-0.39, 0.29) is 5.91 Å². The fraction of sp³-hybridized carbons (Fsp3) is 0.290. The fourth-order valence-corrected chi connectivity index (χ4v) is 4.53. The molecule has 0 saturated carbocycles. The number of esters is 1. The molecule has 7 heteroatoms. The highest BCUT2D eigenvalue weighted by Crippen LogP contribution is 2.38. The van der Waals surface area contributed by atoms with Gasteiger partial charge in [0, 0.05) is 17.8 Å². The number of anilines is 2. The van der Waals surface area contributed by atoms with E-state index in [2.05, 4.69) is 53.7 Å². The summed E-state index contributed by atoms with van der Waals surface area (Å²) in [5.41, 5.74) is 6.00. The van der Waals surface area contributed by atoms with Crippen LogP contribution in [0.15, 0.2) is 72.8 Å². The van der Waals surface area contributed by atoms with Crippen molar-refractivity contribution >= 4 is 34.5 Å². The zero-order valence-electron chi connectivity index (χ0n) is 22.6. The molecule has 1 aliphatic heterocycles. The van der Waals surface area contributed by atoms with Crippen LogP contribution in [-0.4, -0.2) is 62.5 Å². The highest BCUT2D eigenvalue weighted by atomic mass is 16.5. The van der Waals surface area contributed by atoms with E-state index in [0.29, 0.717) is 29.1 Å². The van der Waals surface area contributed by atoms with Crippen molar-refractivity contribution in [3.63, 3.8) is 0 Å². The van der Waals surface area contributed by atoms with Crippen molar-refractivity contribution in [2.45, 2.75) is 19.9 Å². The van der Waals surface area contributed by atoms with Crippen molar-refractivity contribution in [1.82, 2.24) is 9.80 Å². The van der Waals surface area contributed by atoms with Gasteiger partial charge in [-0.3, -0.25) is 4.79 Å². The second-order valence-electron chi connectivity index (χ2n) is 9.77. The van der Waals surface area contributed by atoms with Crippen LogP contribution < -0.4 is 10.6 Å². The second-order valence-corrected chi connectivity index (χ2v) is 9.77. The average Bonchev–Trinajstić information content (AvgIpc) is 3.23. The molecule has 2 N–H and O–H groups in total. The summed E-state index contributed by atoms with van der Waals surface area (Å²) in [6.45, 7) is 5.04. The third-order valence-electron chi connectivity index (χ3n) is 6.41. The zero-order valence-corrected chi connectivity index (χ0v) is 22.6. The predicted molar refractivity (Wildman–Crippen MR) is 154 cm³/mol. The van der Waals surface area contributed by atoms with Gasteiger partial charge in [-0.2, -0.15) is 0 Å². The number of nitrogens with zero attached hydrogens (tertiary/aromatic N) is 2. The molecule has 7 nitrogen and oxygen atoms in total. The summed E-state index contributed by atoms with van der Waals surface area (Å²) in [5, 5.41) is 6.42. The Hall–Kier alpha value is -3.94. The van der Waals surface area contributed by atoms with Crippen LogP contribution in [0.3, 0.4) is 0 Å². The van der Waals surface area contributed by atoms with Gasteiger partial charge < -0.3 is 25.2 Å². The zero-order chi connectivity index (χ0) is 27.1. The lowest BCUT2D eigenvalue weighted by Crippen LogP contribution is -2.23. The molecule has 0 atom stereocenters. The van der Waals surface area contributed by atoms with Gasteiger partial charge in [0.25, 0.3) is 5.91 Å². The van der Waals surface area contributed by atoms with Crippen LogP contribution in [-0.2, 0) is 16.1 Å². The number of carbonyl (C=O) groups excluding carboxylic acids is 2. The lowest BCUT2D eigenvalue weighted by Gasteiger charge is -2.19. The van der Waals surface area contributed by atoms with Gasteiger partial charge in [0.05, 0.1) is 29.1 Å². The molecule has 1 amide bonds. The quantitative estimate of drug-likeness (QED) is 0.273. The molecule has 38 heavy (non-hydrogen) atoms. The molecular formula is C31H36N4O3. The molecule has 0 bridgehead atoms. The molecule has 1 aliphatic rings. The molecule has 1 heterocycles. The summed E-state index contributed by atoms with van der Waals surface area (Å²) in [4.78, 5) is 30.0. The Morgan fingerprint density at radius 2 is 1.66 bits per heavy atom. The van der Waals surface area contributed by atoms with Gasteiger partial charge in [0.2, 0.25) is 0 Å². The number of nitrogens with one attached hydrogen (secondary N) is 2. The van der Waals surface area contributed by atoms with Gasteiger partial charge in [-0.25, -0.2) is 4.79 Å². The molecule has 4 rings (SSSR count). The molecule has 3 aromatic carbocycles. The number of ether oxygens (including phenoxy) is 1. The fourth-order valence-electron chi connectivity index (χ4n) is 4.53. The van der Waals surface area contributed by atoms with Crippen molar-refractivity contribution in [3.05, 3.63) is 95.1 Å². The summed E-state index contributed by atoms with van der Waals surface area (Å²) in [6.07, 6.45) is 1.13. The number of carbonyl (C=O) groups is 2. The smallest absolute Gasteiger partial charge is 0.338 e. The first-order valence-electron chi connectivity index (χ1n) is 13.0. The van der Waals surface area contributed by atoms with E-state index in [1.807, 2.05) is 42.5 Å². The van der Waals surface area contributed by atoms with Crippen molar-refractivity contribution < 1.29 is 14.3 Å². The van der Waals surface area contributed by atoms with Crippen LogP contribution in [0.1, 0.15) is 40.4 Å². The molecular weight excluding hydrogens is 476 g/mol. The molecule has 0 unspecified atom stereocenters. The minimum Gasteiger partial charge on any atom is -0.462 e. The normalized spacial score (nSPS) is 13.9. The van der Waals surface area contributed by atoms with E-state index in [4.69, 9.17) is 4.74 Å². The monoisotopic (exact) mass is 512 g/mol. The maximum absolute atomic E-state index is 13.2. The van der Waals surface area contributed by atoms with E-state index in [1.54, 1.807) is 25.1 Å². The van der Waals surface area contributed by atoms with Gasteiger partial charge in [0.1, 0.15) is 0 Å². The number of fused-ring (bicyclic) bond motifs is 1. The van der Waals surface area contributed by atoms with E-state index in [1.165, 1.54) is 5.56 Å². The van der Waals surface area contributed by atoms with Gasteiger partial charge >= 0.3 is 5.97 Å². The molecule has 3 aromatic rings. The van der Waals surface area contributed by atoms with Gasteiger partial charge in [-0.05, 0) is 83.0 Å². The minimum atomic E-state index is -0.410. The Morgan fingerprint density at radius 3 is 2.34 bits per heavy atom. The average molecular weight is 513 g/mol. The van der Waals surface area contributed by atoms with Crippen LogP contribution in [0, 0.1) is 0 Å². The molecule has 198 valence electrons. The van der Waals surface area contributed by atoms with Crippen LogP contribution in [0.5, 0.6) is 0 Å². The predicted octanol–water partition coefficient (Wildman–Crippen LogP) is 5.18. The van der Waals surface area contributed by atoms with E-state index in [9.17, 15) is 9.59 Å². The molecule has 0 fully saturated rings. The Labute approximate surface area is 225 Å². The first-order chi connectivity index (χ1) is 18.4. The molecule has 0 saturated heterocycles. The Kier molecular flexibility index (Phi) is 8.94. The number of hydrogen-bond acceptors (Lipinski definition) is 6. The van der Waals surface area contributed by atoms with Crippen LogP contribution in [0.4, 0.5) is 11.4 Å². The number of amides is 1. The highest BCUT2D eigenvalue weighted by molar-refractivity contribution is 6.37. The first kappa shape index (κ1) is 27.1. The number of hydrogen-bond donors (Lipinski definition) is 2. The van der Waals surface area contributed by atoms with Gasteiger partial charge in [-0.15, -0.1) is 0 Å². The standard InChI is InChI=1S/C31H36N4O3/c1-5-38-31(37)24-14-17-26-27(20-24)33-30(36)28(26)29(23-10-7-6-8-11-23)32-25-15-12-22(13-16-25)21-35(4)19-9-18-34(2)3/h6-8,10-17,20,32H,5,9,18-19,21H2,1-4H3,(H,33,36). The molecule has 0 aliphatic carbocycles. The van der Waals surface area contributed by atoms with Crippen molar-refractivity contribution in [3.8, 4) is 0 Å². The molecule has 0 radical (unpaired) electrons. The van der Waals surface area contributed by atoms with E-state index in [0.717, 1.165) is 42.9 Å². The summed E-state index contributed by atoms with van der Waals surface area (Å²) >= 11 is 0. The third-order valence-corrected chi connectivity index (χ3v) is 6.41. The summed E-state index contributed by atoms with van der Waals surface area (Å²) in [6, 6.07) is 23.3. The molecule has 0 aromatic heterocycles. The maximum Gasteiger partial charge on any atom is 0.338 e. The topological polar surface area (TPSA) is 73.9 Å². The third kappa shape index (κ3) is 6.68. The summed E-state index contributed by atoms with van der Waals surface area (Å²) < 4.78 is 5.12. The van der Waals surface area contributed by atoms with Gasteiger partial charge in [-0.1, -0.05) is 48.5 Å². The Bertz CT molecular complexity index is 1300. The van der Waals surface area contributed by atoms with Crippen LogP contribution in [0.25, 0.3) is 11.3 Å². The maximum atomic E-state index is 13.2. The Balaban J connectivity index is 1.60. The second kappa shape index (κ2) is 12.5. The number of rotatable bonds is 11. The van der Waals surface area contributed by atoms with E-state index >= 15 is 0 Å². The SMILES string of the molecule is CCOC(=O)c1ccc2c(c1)NC(=O)C2=C(Nc1ccc(CN(C)CCCN(C)C)cc1)c1ccccc1. The van der Waals surface area contributed by atoms with Crippen molar-refractivity contribution in [2.24, 2.45) is 0 Å². The van der Waals surface area contributed by atoms with Crippen molar-refractivity contribution in [1.29, 1.82) is 0 Å².